The zero-order valence-corrected chi connectivity index (χ0v) is 11.8. The number of nitrogens with zero attached hydrogens (tertiary/aromatic N) is 3. The van der Waals surface area contributed by atoms with Crippen molar-refractivity contribution in [2.75, 3.05) is 6.61 Å². The monoisotopic (exact) mass is 343 g/mol. The van der Waals surface area contributed by atoms with Crippen molar-refractivity contribution >= 4 is 21.8 Å². The molecule has 1 aromatic heterocycles. The van der Waals surface area contributed by atoms with Crippen molar-refractivity contribution in [3.8, 4) is 5.75 Å². The van der Waals surface area contributed by atoms with Crippen LogP contribution >= 0.6 is 15.9 Å². The summed E-state index contributed by atoms with van der Waals surface area (Å²) in [6, 6.07) is 4.26. The largest absolute Gasteiger partial charge is 0.492 e. The molecule has 0 aliphatic heterocycles. The van der Waals surface area contributed by atoms with Crippen molar-refractivity contribution in [1.82, 2.24) is 20.4 Å². The fourth-order valence-electron chi connectivity index (χ4n) is 1.45. The van der Waals surface area contributed by atoms with Crippen LogP contribution in [0.4, 0.5) is 4.39 Å². The van der Waals surface area contributed by atoms with E-state index in [-0.39, 0.29) is 12.3 Å². The van der Waals surface area contributed by atoms with Gasteiger partial charge in [-0.2, -0.15) is 0 Å². The summed E-state index contributed by atoms with van der Waals surface area (Å²) in [6.07, 6.45) is 1.44. The van der Waals surface area contributed by atoms with Crippen molar-refractivity contribution in [1.29, 1.82) is 0 Å². The smallest absolute Gasteiger partial charge is 0.287 e. The molecule has 1 amide bonds. The van der Waals surface area contributed by atoms with E-state index in [4.69, 9.17) is 10.6 Å². The lowest BCUT2D eigenvalue weighted by atomic mass is 10.3. The summed E-state index contributed by atoms with van der Waals surface area (Å²) in [5.74, 6) is 4.46. The summed E-state index contributed by atoms with van der Waals surface area (Å²) in [6.45, 7) is 0.613. The Kier molecular flexibility index (Phi) is 4.64. The number of carbonyl (C=O) groups excluding carboxylic acids is 1. The fourth-order valence-corrected chi connectivity index (χ4v) is 1.90. The second-order valence-electron chi connectivity index (χ2n) is 3.79. The van der Waals surface area contributed by atoms with Gasteiger partial charge in [0.25, 0.3) is 5.91 Å². The third-order valence-electron chi connectivity index (χ3n) is 2.33. The zero-order chi connectivity index (χ0) is 14.5. The van der Waals surface area contributed by atoms with Gasteiger partial charge in [-0.1, -0.05) is 21.1 Å². The van der Waals surface area contributed by atoms with E-state index in [0.717, 1.165) is 0 Å². The molecule has 1 heterocycles. The minimum Gasteiger partial charge on any atom is -0.492 e. The number of aromatic nitrogens is 3. The number of hydrazine groups is 1. The number of hydrogen-bond donors (Lipinski definition) is 2. The number of benzene rings is 1. The maximum absolute atomic E-state index is 13.1. The van der Waals surface area contributed by atoms with Gasteiger partial charge in [0.15, 0.2) is 5.69 Å². The van der Waals surface area contributed by atoms with Gasteiger partial charge in [-0.3, -0.25) is 10.2 Å². The molecule has 3 N–H and O–H groups in total. The lowest BCUT2D eigenvalue weighted by Crippen LogP contribution is -2.30. The molecule has 0 saturated carbocycles. The fraction of sp³-hybridized carbons (Fsp3) is 0.182. The molecule has 0 fully saturated rings. The first-order chi connectivity index (χ1) is 9.58. The van der Waals surface area contributed by atoms with Crippen molar-refractivity contribution < 1.29 is 13.9 Å². The molecule has 0 atom stereocenters. The number of nitrogens with two attached hydrogens (primary N) is 1. The van der Waals surface area contributed by atoms with Gasteiger partial charge in [-0.15, -0.1) is 5.10 Å². The molecule has 106 valence electrons. The Balaban J connectivity index is 1.89. The van der Waals surface area contributed by atoms with E-state index in [1.807, 2.05) is 5.43 Å². The van der Waals surface area contributed by atoms with E-state index in [9.17, 15) is 9.18 Å². The van der Waals surface area contributed by atoms with Gasteiger partial charge in [0.05, 0.1) is 12.7 Å². The highest BCUT2D eigenvalue weighted by molar-refractivity contribution is 9.10. The predicted octanol–water partition coefficient (Wildman–Crippen LogP) is 0.862. The maximum Gasteiger partial charge on any atom is 0.287 e. The van der Waals surface area contributed by atoms with E-state index in [1.165, 1.54) is 23.0 Å². The summed E-state index contributed by atoms with van der Waals surface area (Å²) in [7, 11) is 0. The quantitative estimate of drug-likeness (QED) is 0.477. The van der Waals surface area contributed by atoms with E-state index in [1.54, 1.807) is 6.07 Å². The van der Waals surface area contributed by atoms with Crippen LogP contribution in [0.2, 0.25) is 0 Å². The topological polar surface area (TPSA) is 95.1 Å². The van der Waals surface area contributed by atoms with Crippen LogP contribution in [0.15, 0.2) is 28.9 Å². The molecule has 0 radical (unpaired) electrons. The maximum atomic E-state index is 13.1. The van der Waals surface area contributed by atoms with E-state index in [0.29, 0.717) is 16.8 Å². The summed E-state index contributed by atoms with van der Waals surface area (Å²) in [5, 5.41) is 7.38. The molecular formula is C11H11BrFN5O2. The molecular weight excluding hydrogens is 333 g/mol. The van der Waals surface area contributed by atoms with Gasteiger partial charge < -0.3 is 4.74 Å². The number of nitrogen functional groups attached to an aromatic ring is 1. The summed E-state index contributed by atoms with van der Waals surface area (Å²) >= 11 is 3.17. The van der Waals surface area contributed by atoms with Crippen LogP contribution in [0.1, 0.15) is 10.5 Å². The van der Waals surface area contributed by atoms with Gasteiger partial charge >= 0.3 is 0 Å². The summed E-state index contributed by atoms with van der Waals surface area (Å²) in [5.41, 5.74) is 2.07. The standard InChI is InChI=1S/C11H11BrFN5O2/c12-7-3-8(13)5-9(4-7)20-2-1-18-6-10(16-17-18)11(19)15-14/h3-6H,1-2,14H2,(H,15,19). The molecule has 20 heavy (non-hydrogen) atoms. The Labute approximate surface area is 122 Å². The first kappa shape index (κ1) is 14.4. The second kappa shape index (κ2) is 6.44. The molecule has 1 aromatic carbocycles. The van der Waals surface area contributed by atoms with Crippen molar-refractivity contribution in [3.05, 3.63) is 40.4 Å². The van der Waals surface area contributed by atoms with Crippen molar-refractivity contribution in [2.45, 2.75) is 6.54 Å². The average molecular weight is 344 g/mol. The number of nitrogens with one attached hydrogen (secondary N) is 1. The minimum atomic E-state index is -0.522. The lowest BCUT2D eigenvalue weighted by Gasteiger charge is -2.06. The number of rotatable bonds is 5. The average Bonchev–Trinajstić information content (AvgIpc) is 2.85. The van der Waals surface area contributed by atoms with E-state index < -0.39 is 11.7 Å². The molecule has 0 aliphatic carbocycles. The highest BCUT2D eigenvalue weighted by atomic mass is 79.9. The van der Waals surface area contributed by atoms with Crippen molar-refractivity contribution in [2.24, 2.45) is 5.84 Å². The Hall–Kier alpha value is -2.00. The number of amides is 1. The minimum absolute atomic E-state index is 0.112. The van der Waals surface area contributed by atoms with Crippen LogP contribution in [0.3, 0.4) is 0 Å². The predicted molar refractivity (Wildman–Crippen MR) is 71.3 cm³/mol. The van der Waals surface area contributed by atoms with Crippen LogP contribution in [0, 0.1) is 5.82 Å². The summed E-state index contributed by atoms with van der Waals surface area (Å²) < 4.78 is 20.5. The first-order valence-corrected chi connectivity index (χ1v) is 6.38. The normalized spacial score (nSPS) is 10.3. The van der Waals surface area contributed by atoms with Crippen LogP contribution in [-0.2, 0) is 6.54 Å². The van der Waals surface area contributed by atoms with Crippen molar-refractivity contribution in [3.63, 3.8) is 0 Å². The molecule has 0 aliphatic rings. The van der Waals surface area contributed by atoms with Crippen LogP contribution in [-0.4, -0.2) is 27.5 Å². The van der Waals surface area contributed by atoms with Crippen LogP contribution in [0.5, 0.6) is 5.75 Å². The number of hydrogen-bond acceptors (Lipinski definition) is 5. The molecule has 0 bridgehead atoms. The van der Waals surface area contributed by atoms with Gasteiger partial charge in [-0.25, -0.2) is 14.9 Å². The Morgan fingerprint density at radius 1 is 1.50 bits per heavy atom. The Morgan fingerprint density at radius 3 is 3.00 bits per heavy atom. The summed E-state index contributed by atoms with van der Waals surface area (Å²) in [4.78, 5) is 11.2. The molecule has 0 unspecified atom stereocenters. The first-order valence-electron chi connectivity index (χ1n) is 5.58. The van der Waals surface area contributed by atoms with Gasteiger partial charge in [0.2, 0.25) is 0 Å². The molecule has 7 nitrogen and oxygen atoms in total. The second-order valence-corrected chi connectivity index (χ2v) is 4.71. The third kappa shape index (κ3) is 3.75. The molecule has 0 saturated heterocycles. The van der Waals surface area contributed by atoms with Crippen LogP contribution in [0.25, 0.3) is 0 Å². The Morgan fingerprint density at radius 2 is 2.30 bits per heavy atom. The molecule has 2 rings (SSSR count). The number of ether oxygens (including phenoxy) is 1. The van der Waals surface area contributed by atoms with Gasteiger partial charge in [0, 0.05) is 10.5 Å². The molecule has 2 aromatic rings. The number of halogens is 2. The molecule has 9 heteroatoms. The SMILES string of the molecule is NNC(=O)c1cn(CCOc2cc(F)cc(Br)c2)nn1. The van der Waals surface area contributed by atoms with Crippen LogP contribution < -0.4 is 16.0 Å². The lowest BCUT2D eigenvalue weighted by molar-refractivity contribution is 0.0948. The van der Waals surface area contributed by atoms with E-state index in [2.05, 4.69) is 26.2 Å². The highest BCUT2D eigenvalue weighted by Gasteiger charge is 2.08. The Bertz CT molecular complexity index is 598. The number of carbonyl (C=O) groups is 1. The molecule has 0 spiro atoms. The van der Waals surface area contributed by atoms with Gasteiger partial charge in [0.1, 0.15) is 18.2 Å². The van der Waals surface area contributed by atoms with Gasteiger partial charge in [-0.05, 0) is 12.1 Å². The third-order valence-corrected chi connectivity index (χ3v) is 2.79. The zero-order valence-electron chi connectivity index (χ0n) is 10.2. The highest BCUT2D eigenvalue weighted by Crippen LogP contribution is 2.20. The van der Waals surface area contributed by atoms with E-state index >= 15 is 0 Å².